The van der Waals surface area contributed by atoms with E-state index in [1.807, 2.05) is 56.3 Å². The molecule has 7 nitrogen and oxygen atoms in total. The third-order valence-corrected chi connectivity index (χ3v) is 7.89. The summed E-state index contributed by atoms with van der Waals surface area (Å²) in [6.45, 7) is 7.47. The molecule has 0 bridgehead atoms. The molecule has 0 aromatic heterocycles. The van der Waals surface area contributed by atoms with Crippen molar-refractivity contribution >= 4 is 39.1 Å². The molecular formula is C31H38ClN3O4S. The Bertz CT molecular complexity index is 1380. The van der Waals surface area contributed by atoms with Crippen LogP contribution in [0, 0.1) is 0 Å². The van der Waals surface area contributed by atoms with Crippen LogP contribution in [0.1, 0.15) is 50.3 Å². The van der Waals surface area contributed by atoms with E-state index in [1.165, 1.54) is 4.90 Å². The van der Waals surface area contributed by atoms with Gasteiger partial charge in [-0.3, -0.25) is 13.9 Å². The number of hydrogen-bond acceptors (Lipinski definition) is 4. The minimum Gasteiger partial charge on any atom is -0.352 e. The number of carbonyl (C=O) groups excluding carboxylic acids is 2. The Hall–Kier alpha value is -3.36. The van der Waals surface area contributed by atoms with Gasteiger partial charge < -0.3 is 10.2 Å². The van der Waals surface area contributed by atoms with Crippen molar-refractivity contribution in [1.82, 2.24) is 10.2 Å². The lowest BCUT2D eigenvalue weighted by atomic mass is 10.0. The maximum absolute atomic E-state index is 14.1. The quantitative estimate of drug-likeness (QED) is 0.309. The fourth-order valence-corrected chi connectivity index (χ4v) is 5.34. The Morgan fingerprint density at radius 1 is 0.850 bits per heavy atom. The second-order valence-electron chi connectivity index (χ2n) is 10.5. The highest BCUT2D eigenvalue weighted by Crippen LogP contribution is 2.23. The molecule has 3 aromatic rings. The molecular weight excluding hydrogens is 546 g/mol. The highest BCUT2D eigenvalue weighted by atomic mass is 35.5. The van der Waals surface area contributed by atoms with Gasteiger partial charge >= 0.3 is 0 Å². The van der Waals surface area contributed by atoms with Gasteiger partial charge in [-0.25, -0.2) is 8.42 Å². The van der Waals surface area contributed by atoms with Crippen LogP contribution in [0.5, 0.6) is 0 Å². The van der Waals surface area contributed by atoms with E-state index in [4.69, 9.17) is 11.6 Å². The number of nitrogens with one attached hydrogen (secondary N) is 1. The number of nitrogens with zero attached hydrogens (tertiary/aromatic N) is 2. The maximum Gasteiger partial charge on any atom is 0.244 e. The van der Waals surface area contributed by atoms with Gasteiger partial charge in [0.2, 0.25) is 21.8 Å². The number of hydrogen-bond donors (Lipinski definition) is 1. The minimum atomic E-state index is -3.81. The first kappa shape index (κ1) is 31.2. The molecule has 0 heterocycles. The lowest BCUT2D eigenvalue weighted by Crippen LogP contribution is -2.54. The standard InChI is InChI=1S/C31H38ClN3O4S/c1-22(2)26-13-17-28(18-14-26)35(40(5,38)39)21-30(36)34(20-25-11-15-27(32)16-12-25)29(31(37)33-23(3)4)19-24-9-7-6-8-10-24/h6-18,22-23,29H,19-21H2,1-5H3,(H,33,37)/t29-/m0/s1. The summed E-state index contributed by atoms with van der Waals surface area (Å²) in [6.07, 6.45) is 1.34. The number of anilines is 1. The average molecular weight is 584 g/mol. The van der Waals surface area contributed by atoms with Crippen LogP contribution in [0.3, 0.4) is 0 Å². The van der Waals surface area contributed by atoms with Crippen LogP contribution >= 0.6 is 11.6 Å². The van der Waals surface area contributed by atoms with Gasteiger partial charge in [0.1, 0.15) is 12.6 Å². The van der Waals surface area contributed by atoms with Crippen molar-refractivity contribution in [2.45, 2.75) is 58.7 Å². The predicted molar refractivity (Wildman–Crippen MR) is 162 cm³/mol. The Balaban J connectivity index is 2.03. The molecule has 0 radical (unpaired) electrons. The van der Waals surface area contributed by atoms with Gasteiger partial charge in [-0.15, -0.1) is 0 Å². The number of benzene rings is 3. The van der Waals surface area contributed by atoms with E-state index in [9.17, 15) is 18.0 Å². The van der Waals surface area contributed by atoms with Crippen molar-refractivity contribution in [2.24, 2.45) is 0 Å². The summed E-state index contributed by atoms with van der Waals surface area (Å²) in [6, 6.07) is 22.6. The van der Waals surface area contributed by atoms with Crippen LogP contribution in [0.4, 0.5) is 5.69 Å². The molecule has 3 rings (SSSR count). The highest BCUT2D eigenvalue weighted by Gasteiger charge is 2.33. The van der Waals surface area contributed by atoms with Crippen LogP contribution in [0.2, 0.25) is 5.02 Å². The first-order valence-corrected chi connectivity index (χ1v) is 15.5. The van der Waals surface area contributed by atoms with Crippen LogP contribution in [-0.2, 0) is 32.6 Å². The zero-order chi connectivity index (χ0) is 29.4. The molecule has 3 aromatic carbocycles. The summed E-state index contributed by atoms with van der Waals surface area (Å²) in [4.78, 5) is 29.1. The average Bonchev–Trinajstić information content (AvgIpc) is 2.89. The minimum absolute atomic E-state index is 0.100. The van der Waals surface area contributed by atoms with Crippen LogP contribution in [-0.4, -0.2) is 50.0 Å². The van der Waals surface area contributed by atoms with Crippen molar-refractivity contribution in [2.75, 3.05) is 17.1 Å². The Morgan fingerprint density at radius 3 is 1.98 bits per heavy atom. The third-order valence-electron chi connectivity index (χ3n) is 6.50. The summed E-state index contributed by atoms with van der Waals surface area (Å²) >= 11 is 6.09. The Kier molecular flexibility index (Phi) is 10.8. The lowest BCUT2D eigenvalue weighted by Gasteiger charge is -2.34. The zero-order valence-corrected chi connectivity index (χ0v) is 25.2. The molecule has 214 valence electrons. The Labute approximate surface area is 243 Å². The topological polar surface area (TPSA) is 86.8 Å². The molecule has 0 saturated carbocycles. The number of rotatable bonds is 12. The van der Waals surface area contributed by atoms with Gasteiger partial charge in [-0.1, -0.05) is 80.0 Å². The van der Waals surface area contributed by atoms with E-state index in [2.05, 4.69) is 19.2 Å². The summed E-state index contributed by atoms with van der Waals surface area (Å²) in [7, 11) is -3.81. The Morgan fingerprint density at radius 2 is 1.45 bits per heavy atom. The number of sulfonamides is 1. The van der Waals surface area contributed by atoms with E-state index >= 15 is 0 Å². The molecule has 2 amide bonds. The predicted octanol–water partition coefficient (Wildman–Crippen LogP) is 5.39. The van der Waals surface area contributed by atoms with Crippen LogP contribution < -0.4 is 9.62 Å². The van der Waals surface area contributed by atoms with E-state index in [1.54, 1.807) is 36.4 Å². The normalized spacial score (nSPS) is 12.3. The molecule has 9 heteroatoms. The van der Waals surface area contributed by atoms with Crippen molar-refractivity contribution in [3.8, 4) is 0 Å². The molecule has 0 fully saturated rings. The number of amides is 2. The molecule has 0 aliphatic carbocycles. The van der Waals surface area contributed by atoms with Crippen LogP contribution in [0.25, 0.3) is 0 Å². The molecule has 0 saturated heterocycles. The van der Waals surface area contributed by atoms with E-state index in [0.717, 1.165) is 27.3 Å². The molecule has 0 aliphatic rings. The molecule has 40 heavy (non-hydrogen) atoms. The highest BCUT2D eigenvalue weighted by molar-refractivity contribution is 7.92. The summed E-state index contributed by atoms with van der Waals surface area (Å²) < 4.78 is 26.9. The van der Waals surface area contributed by atoms with Gasteiger partial charge in [0.05, 0.1) is 11.9 Å². The summed E-state index contributed by atoms with van der Waals surface area (Å²) in [5.74, 6) is -0.531. The second-order valence-corrected chi connectivity index (χ2v) is 12.9. The van der Waals surface area contributed by atoms with Gasteiger partial charge in [0, 0.05) is 24.0 Å². The first-order valence-electron chi connectivity index (χ1n) is 13.3. The molecule has 0 aliphatic heterocycles. The van der Waals surface area contributed by atoms with Gasteiger partial charge in [0.25, 0.3) is 0 Å². The lowest BCUT2D eigenvalue weighted by molar-refractivity contribution is -0.140. The van der Waals surface area contributed by atoms with Crippen molar-refractivity contribution in [3.63, 3.8) is 0 Å². The zero-order valence-electron chi connectivity index (χ0n) is 23.7. The van der Waals surface area contributed by atoms with Gasteiger partial charge in [-0.2, -0.15) is 0 Å². The fourth-order valence-electron chi connectivity index (χ4n) is 4.36. The van der Waals surface area contributed by atoms with Crippen LogP contribution in [0.15, 0.2) is 78.9 Å². The monoisotopic (exact) mass is 583 g/mol. The van der Waals surface area contributed by atoms with E-state index in [0.29, 0.717) is 10.7 Å². The summed E-state index contributed by atoms with van der Waals surface area (Å²) in [5, 5.41) is 3.49. The summed E-state index contributed by atoms with van der Waals surface area (Å²) in [5.41, 5.74) is 3.09. The SMILES string of the molecule is CC(C)NC(=O)[C@H](Cc1ccccc1)N(Cc1ccc(Cl)cc1)C(=O)CN(c1ccc(C(C)C)cc1)S(C)(=O)=O. The third kappa shape index (κ3) is 8.83. The second kappa shape index (κ2) is 13.8. The molecule has 1 N–H and O–H groups in total. The van der Waals surface area contributed by atoms with Crippen molar-refractivity contribution in [3.05, 3.63) is 101 Å². The smallest absolute Gasteiger partial charge is 0.244 e. The fraction of sp³-hybridized carbons (Fsp3) is 0.355. The van der Waals surface area contributed by atoms with Gasteiger partial charge in [0.15, 0.2) is 0 Å². The van der Waals surface area contributed by atoms with E-state index < -0.39 is 28.5 Å². The van der Waals surface area contributed by atoms with Gasteiger partial charge in [-0.05, 0) is 60.7 Å². The maximum atomic E-state index is 14.1. The number of halogens is 1. The molecule has 1 atom stereocenters. The largest absolute Gasteiger partial charge is 0.352 e. The molecule has 0 unspecified atom stereocenters. The van der Waals surface area contributed by atoms with E-state index in [-0.39, 0.29) is 30.8 Å². The molecule has 0 spiro atoms. The number of carbonyl (C=O) groups is 2. The van der Waals surface area contributed by atoms with Crippen molar-refractivity contribution in [1.29, 1.82) is 0 Å². The first-order chi connectivity index (χ1) is 18.8. The van der Waals surface area contributed by atoms with Crippen molar-refractivity contribution < 1.29 is 18.0 Å².